The largest absolute Gasteiger partial charge is 0.244 e. The fourth-order valence-electron chi connectivity index (χ4n) is 2.27. The Morgan fingerprint density at radius 3 is 2.43 bits per heavy atom. The minimum absolute atomic E-state index is 0.219. The van der Waals surface area contributed by atoms with Gasteiger partial charge in [0.25, 0.3) is 0 Å². The van der Waals surface area contributed by atoms with E-state index in [9.17, 15) is 0 Å². The van der Waals surface area contributed by atoms with E-state index in [1.807, 2.05) is 29.1 Å². The standard InChI is InChI=1S/C17H16IN3/c1-13-7-9-15(10-8-13)17(11-18)21-12-16(19-20-21)14-5-3-2-4-6-14/h2-10,12,17H,11H2,1H3. The summed E-state index contributed by atoms with van der Waals surface area (Å²) in [4.78, 5) is 0. The van der Waals surface area contributed by atoms with E-state index in [4.69, 9.17) is 0 Å². The highest BCUT2D eigenvalue weighted by molar-refractivity contribution is 14.1. The van der Waals surface area contributed by atoms with Crippen molar-refractivity contribution in [1.29, 1.82) is 0 Å². The fourth-order valence-corrected chi connectivity index (χ4v) is 3.18. The van der Waals surface area contributed by atoms with Gasteiger partial charge in [-0.2, -0.15) is 0 Å². The van der Waals surface area contributed by atoms with Gasteiger partial charge in [0.05, 0.1) is 12.2 Å². The predicted octanol–water partition coefficient (Wildman–Crippen LogP) is 4.28. The maximum Gasteiger partial charge on any atom is 0.113 e. The third kappa shape index (κ3) is 3.15. The normalized spacial score (nSPS) is 12.3. The van der Waals surface area contributed by atoms with Crippen molar-refractivity contribution < 1.29 is 0 Å². The van der Waals surface area contributed by atoms with Crippen LogP contribution in [0.3, 0.4) is 0 Å². The van der Waals surface area contributed by atoms with Gasteiger partial charge in [-0.15, -0.1) is 5.10 Å². The molecule has 3 nitrogen and oxygen atoms in total. The first kappa shape index (κ1) is 14.3. The number of aromatic nitrogens is 3. The molecule has 106 valence electrons. The first-order valence-electron chi connectivity index (χ1n) is 6.87. The number of nitrogens with zero attached hydrogens (tertiary/aromatic N) is 3. The number of hydrogen-bond acceptors (Lipinski definition) is 2. The summed E-state index contributed by atoms with van der Waals surface area (Å²) < 4.78 is 2.91. The number of aryl methyl sites for hydroxylation is 1. The van der Waals surface area contributed by atoms with Crippen molar-refractivity contribution in [3.8, 4) is 11.3 Å². The summed E-state index contributed by atoms with van der Waals surface area (Å²) in [6.07, 6.45) is 2.03. The van der Waals surface area contributed by atoms with Gasteiger partial charge >= 0.3 is 0 Å². The first-order chi connectivity index (χ1) is 10.3. The molecular weight excluding hydrogens is 373 g/mol. The average molecular weight is 389 g/mol. The molecule has 1 atom stereocenters. The molecule has 0 radical (unpaired) electrons. The highest BCUT2D eigenvalue weighted by Crippen LogP contribution is 2.23. The third-order valence-electron chi connectivity index (χ3n) is 3.51. The lowest BCUT2D eigenvalue weighted by atomic mass is 10.1. The highest BCUT2D eigenvalue weighted by atomic mass is 127. The van der Waals surface area contributed by atoms with Crippen molar-refractivity contribution >= 4 is 22.6 Å². The van der Waals surface area contributed by atoms with Crippen LogP contribution >= 0.6 is 22.6 Å². The zero-order valence-electron chi connectivity index (χ0n) is 11.8. The summed E-state index contributed by atoms with van der Waals surface area (Å²) in [6.45, 7) is 2.10. The number of benzene rings is 2. The topological polar surface area (TPSA) is 30.7 Å². The fraction of sp³-hybridized carbons (Fsp3) is 0.176. The van der Waals surface area contributed by atoms with Crippen LogP contribution in [0, 0.1) is 6.92 Å². The molecule has 0 saturated heterocycles. The smallest absolute Gasteiger partial charge is 0.113 e. The number of hydrogen-bond donors (Lipinski definition) is 0. The van der Waals surface area contributed by atoms with E-state index in [0.717, 1.165) is 15.7 Å². The van der Waals surface area contributed by atoms with Crippen molar-refractivity contribution in [2.24, 2.45) is 0 Å². The van der Waals surface area contributed by atoms with Crippen molar-refractivity contribution in [3.05, 3.63) is 71.9 Å². The lowest BCUT2D eigenvalue weighted by Gasteiger charge is -2.14. The first-order valence-corrected chi connectivity index (χ1v) is 8.40. The number of halogens is 1. The molecule has 0 bridgehead atoms. The Hall–Kier alpha value is -1.69. The second kappa shape index (κ2) is 6.39. The van der Waals surface area contributed by atoms with Gasteiger partial charge in [-0.05, 0) is 12.5 Å². The van der Waals surface area contributed by atoms with Gasteiger partial charge < -0.3 is 0 Å². The second-order valence-corrected chi connectivity index (χ2v) is 5.91. The van der Waals surface area contributed by atoms with E-state index in [1.165, 1.54) is 11.1 Å². The summed E-state index contributed by atoms with van der Waals surface area (Å²) in [6, 6.07) is 19.0. The Bertz CT molecular complexity index is 704. The van der Waals surface area contributed by atoms with E-state index >= 15 is 0 Å². The molecule has 0 N–H and O–H groups in total. The van der Waals surface area contributed by atoms with Gasteiger partial charge in [0.2, 0.25) is 0 Å². The Morgan fingerprint density at radius 1 is 1.05 bits per heavy atom. The van der Waals surface area contributed by atoms with Crippen LogP contribution in [0.25, 0.3) is 11.3 Å². The van der Waals surface area contributed by atoms with Crippen molar-refractivity contribution in [2.45, 2.75) is 13.0 Å². The lowest BCUT2D eigenvalue weighted by molar-refractivity contribution is 0.555. The average Bonchev–Trinajstić information content (AvgIpc) is 3.00. The monoisotopic (exact) mass is 389 g/mol. The van der Waals surface area contributed by atoms with E-state index in [0.29, 0.717) is 0 Å². The summed E-state index contributed by atoms with van der Waals surface area (Å²) in [7, 11) is 0. The second-order valence-electron chi connectivity index (χ2n) is 5.03. The molecule has 3 aromatic rings. The van der Waals surface area contributed by atoms with Crippen LogP contribution < -0.4 is 0 Å². The molecular formula is C17H16IN3. The molecule has 0 fully saturated rings. The molecule has 1 unspecified atom stereocenters. The van der Waals surface area contributed by atoms with Crippen LogP contribution in [-0.4, -0.2) is 19.4 Å². The maximum atomic E-state index is 4.32. The SMILES string of the molecule is Cc1ccc(C(CI)n2cc(-c3ccccc3)nn2)cc1. The van der Waals surface area contributed by atoms with Gasteiger partial charge in [-0.1, -0.05) is 88.0 Å². The van der Waals surface area contributed by atoms with Crippen LogP contribution in [0.4, 0.5) is 0 Å². The molecule has 0 aliphatic carbocycles. The highest BCUT2D eigenvalue weighted by Gasteiger charge is 2.14. The van der Waals surface area contributed by atoms with Crippen LogP contribution in [0.5, 0.6) is 0 Å². The van der Waals surface area contributed by atoms with E-state index in [1.54, 1.807) is 0 Å². The zero-order chi connectivity index (χ0) is 14.7. The van der Waals surface area contributed by atoms with Crippen LogP contribution in [0.2, 0.25) is 0 Å². The van der Waals surface area contributed by atoms with E-state index < -0.39 is 0 Å². The molecule has 3 rings (SSSR count). The summed E-state index contributed by atoms with van der Waals surface area (Å²) in [5.41, 5.74) is 4.55. The minimum atomic E-state index is 0.219. The van der Waals surface area contributed by atoms with Crippen LogP contribution in [-0.2, 0) is 0 Å². The van der Waals surface area contributed by atoms with Gasteiger partial charge in [-0.3, -0.25) is 0 Å². The Balaban J connectivity index is 1.92. The molecule has 0 saturated carbocycles. The molecule has 0 aliphatic rings. The molecule has 0 spiro atoms. The van der Waals surface area contributed by atoms with E-state index in [2.05, 4.69) is 76.2 Å². The molecule has 1 heterocycles. The van der Waals surface area contributed by atoms with Crippen LogP contribution in [0.15, 0.2) is 60.8 Å². The summed E-state index contributed by atoms with van der Waals surface area (Å²) in [5.74, 6) is 0. The molecule has 0 aliphatic heterocycles. The van der Waals surface area contributed by atoms with Gasteiger partial charge in [0, 0.05) is 9.99 Å². The van der Waals surface area contributed by atoms with Gasteiger partial charge in [-0.25, -0.2) is 4.68 Å². The quantitative estimate of drug-likeness (QED) is 0.493. The molecule has 1 aromatic heterocycles. The Morgan fingerprint density at radius 2 is 1.76 bits per heavy atom. The predicted molar refractivity (Wildman–Crippen MR) is 93.7 cm³/mol. The summed E-state index contributed by atoms with van der Waals surface area (Å²) >= 11 is 2.40. The molecule has 4 heteroatoms. The van der Waals surface area contributed by atoms with Crippen molar-refractivity contribution in [3.63, 3.8) is 0 Å². The summed E-state index contributed by atoms with van der Waals surface area (Å²) in [5, 5.41) is 8.63. The maximum absolute atomic E-state index is 4.32. The third-order valence-corrected chi connectivity index (χ3v) is 4.34. The lowest BCUT2D eigenvalue weighted by Crippen LogP contribution is -2.12. The zero-order valence-corrected chi connectivity index (χ0v) is 13.9. The van der Waals surface area contributed by atoms with Crippen molar-refractivity contribution in [2.75, 3.05) is 4.43 Å². The van der Waals surface area contributed by atoms with Crippen LogP contribution in [0.1, 0.15) is 17.2 Å². The Kier molecular flexibility index (Phi) is 4.34. The van der Waals surface area contributed by atoms with Gasteiger partial charge in [0.1, 0.15) is 5.69 Å². The molecule has 21 heavy (non-hydrogen) atoms. The minimum Gasteiger partial charge on any atom is -0.244 e. The number of alkyl halides is 1. The number of rotatable bonds is 4. The van der Waals surface area contributed by atoms with Crippen molar-refractivity contribution in [1.82, 2.24) is 15.0 Å². The molecule has 2 aromatic carbocycles. The molecule has 0 amide bonds. The van der Waals surface area contributed by atoms with E-state index in [-0.39, 0.29) is 6.04 Å². The van der Waals surface area contributed by atoms with Gasteiger partial charge in [0.15, 0.2) is 0 Å². The Labute approximate surface area is 138 Å².